The number of aromatic amines is 1. The number of carboxylic acid groups (broad SMARTS) is 1. The molecular formula is C17H17N3O5S. The number of hydrogen-bond acceptors (Lipinski definition) is 6. The van der Waals surface area contributed by atoms with E-state index in [1.807, 2.05) is 0 Å². The molecule has 2 aromatic rings. The molecule has 1 aliphatic carbocycles. The van der Waals surface area contributed by atoms with Crippen molar-refractivity contribution in [3.05, 3.63) is 35.5 Å². The third-order valence-electron chi connectivity index (χ3n) is 4.13. The van der Waals surface area contributed by atoms with Gasteiger partial charge < -0.3 is 9.84 Å². The van der Waals surface area contributed by atoms with Crippen molar-refractivity contribution >= 4 is 15.8 Å². The molecule has 0 saturated heterocycles. The summed E-state index contributed by atoms with van der Waals surface area (Å²) in [7, 11) is -3.43. The zero-order valence-electron chi connectivity index (χ0n) is 13.8. The normalized spacial score (nSPS) is 15.1. The second-order valence-electron chi connectivity index (χ2n) is 5.96. The summed E-state index contributed by atoms with van der Waals surface area (Å²) in [6.07, 6.45) is 4.28. The molecule has 1 aromatic heterocycles. The fourth-order valence-corrected chi connectivity index (χ4v) is 4.12. The number of nitrogens with one attached hydrogen (secondary N) is 1. The van der Waals surface area contributed by atoms with Gasteiger partial charge in [0.2, 0.25) is 15.5 Å². The predicted molar refractivity (Wildman–Crippen MR) is 92.5 cm³/mol. The number of benzene rings is 1. The summed E-state index contributed by atoms with van der Waals surface area (Å²) in [6, 6.07) is 6.30. The quantitative estimate of drug-likeness (QED) is 0.786. The highest BCUT2D eigenvalue weighted by Crippen LogP contribution is 2.24. The van der Waals surface area contributed by atoms with Crippen molar-refractivity contribution < 1.29 is 23.1 Å². The van der Waals surface area contributed by atoms with E-state index in [1.165, 1.54) is 0 Å². The smallest absolute Gasteiger partial charge is 0.359 e. The molecule has 0 unspecified atom stereocenters. The Balaban J connectivity index is 1.70. The average Bonchev–Trinajstić information content (AvgIpc) is 3.10. The van der Waals surface area contributed by atoms with E-state index in [0.29, 0.717) is 24.2 Å². The molecule has 26 heavy (non-hydrogen) atoms. The molecule has 0 aliphatic heterocycles. The maximum atomic E-state index is 12.3. The van der Waals surface area contributed by atoms with E-state index in [1.54, 1.807) is 24.3 Å². The first-order valence-corrected chi connectivity index (χ1v) is 9.69. The number of rotatable bonds is 4. The minimum absolute atomic E-state index is 0.156. The van der Waals surface area contributed by atoms with Gasteiger partial charge >= 0.3 is 5.97 Å². The van der Waals surface area contributed by atoms with Crippen LogP contribution in [0.4, 0.5) is 0 Å². The summed E-state index contributed by atoms with van der Waals surface area (Å²) >= 11 is 0. The van der Waals surface area contributed by atoms with E-state index in [4.69, 9.17) is 9.84 Å². The molecular weight excluding hydrogens is 358 g/mol. The molecule has 1 saturated carbocycles. The lowest BCUT2D eigenvalue weighted by Crippen LogP contribution is -2.22. The number of H-pyrrole nitrogens is 1. The lowest BCUT2D eigenvalue weighted by atomic mass is 10.0. The summed E-state index contributed by atoms with van der Waals surface area (Å²) in [5, 5.41) is 20.2. The fraction of sp³-hybridized carbons (Fsp3) is 0.353. The van der Waals surface area contributed by atoms with Crippen molar-refractivity contribution in [2.75, 3.05) is 0 Å². The van der Waals surface area contributed by atoms with Crippen molar-refractivity contribution in [1.82, 2.24) is 15.4 Å². The molecule has 0 amide bonds. The third-order valence-corrected chi connectivity index (χ3v) is 5.86. The van der Waals surface area contributed by atoms with Gasteiger partial charge in [0, 0.05) is 10.8 Å². The van der Waals surface area contributed by atoms with E-state index >= 15 is 0 Å². The van der Waals surface area contributed by atoms with Crippen LogP contribution in [0.2, 0.25) is 0 Å². The second-order valence-corrected chi connectivity index (χ2v) is 7.92. The number of nitrogens with zero attached hydrogens (tertiary/aromatic N) is 2. The van der Waals surface area contributed by atoms with Gasteiger partial charge in [0.05, 0.1) is 5.25 Å². The molecule has 9 heteroatoms. The van der Waals surface area contributed by atoms with Crippen molar-refractivity contribution in [1.29, 1.82) is 0 Å². The van der Waals surface area contributed by atoms with E-state index in [9.17, 15) is 13.2 Å². The van der Waals surface area contributed by atoms with Gasteiger partial charge in [0.25, 0.3) is 5.88 Å². The van der Waals surface area contributed by atoms with Crippen LogP contribution in [0.3, 0.4) is 0 Å². The van der Waals surface area contributed by atoms with Crippen LogP contribution in [-0.2, 0) is 9.84 Å². The van der Waals surface area contributed by atoms with Crippen LogP contribution in [0.1, 0.15) is 48.2 Å². The Morgan fingerprint density at radius 1 is 1.19 bits per heavy atom. The number of carbonyl (C=O) groups is 1. The number of aromatic nitrogens is 3. The highest BCUT2D eigenvalue weighted by Gasteiger charge is 2.25. The molecule has 136 valence electrons. The van der Waals surface area contributed by atoms with E-state index in [2.05, 4.69) is 26.6 Å². The van der Waals surface area contributed by atoms with E-state index < -0.39 is 15.8 Å². The van der Waals surface area contributed by atoms with Gasteiger partial charge in [-0.3, -0.25) is 0 Å². The first-order chi connectivity index (χ1) is 12.5. The molecule has 1 aromatic carbocycles. The van der Waals surface area contributed by atoms with Gasteiger partial charge in [0.1, 0.15) is 5.75 Å². The van der Waals surface area contributed by atoms with Gasteiger partial charge in [-0.2, -0.15) is 0 Å². The Kier molecular flexibility index (Phi) is 5.23. The van der Waals surface area contributed by atoms with Crippen LogP contribution >= 0.6 is 0 Å². The standard InChI is InChI=1S/C17H17N3O5S/c21-17(22)15-16(19-20-18-15)25-13-8-6-12(7-9-13)10-11-26(23,24)14-4-2-1-3-5-14/h6-9,14H,1-5H2,(H,21,22)(H,18,19,20). The molecule has 8 nitrogen and oxygen atoms in total. The van der Waals surface area contributed by atoms with Crippen LogP contribution in [0.5, 0.6) is 11.6 Å². The molecule has 0 spiro atoms. The number of ether oxygens (including phenoxy) is 1. The Hall–Kier alpha value is -2.86. The van der Waals surface area contributed by atoms with Crippen LogP contribution in [0, 0.1) is 11.2 Å². The Labute approximate surface area is 150 Å². The van der Waals surface area contributed by atoms with E-state index in [-0.39, 0.29) is 16.8 Å². The van der Waals surface area contributed by atoms with Crippen LogP contribution < -0.4 is 4.74 Å². The zero-order valence-corrected chi connectivity index (χ0v) is 14.6. The monoisotopic (exact) mass is 375 g/mol. The van der Waals surface area contributed by atoms with Crippen LogP contribution in [0.15, 0.2) is 24.3 Å². The maximum Gasteiger partial charge on any atom is 0.359 e. The number of hydrogen-bond donors (Lipinski definition) is 2. The summed E-state index contributed by atoms with van der Waals surface area (Å²) in [6.45, 7) is 0. The molecule has 1 aliphatic rings. The van der Waals surface area contributed by atoms with Gasteiger partial charge in [-0.15, -0.1) is 0 Å². The molecule has 2 N–H and O–H groups in total. The largest absolute Gasteiger partial charge is 0.476 e. The lowest BCUT2D eigenvalue weighted by Gasteiger charge is -2.18. The minimum atomic E-state index is -3.43. The lowest BCUT2D eigenvalue weighted by molar-refractivity contribution is 0.0687. The average molecular weight is 375 g/mol. The Morgan fingerprint density at radius 2 is 1.88 bits per heavy atom. The fourth-order valence-electron chi connectivity index (χ4n) is 2.74. The molecule has 3 rings (SSSR count). The number of aromatic carboxylic acids is 1. The molecule has 0 radical (unpaired) electrons. The first-order valence-electron chi connectivity index (χ1n) is 8.14. The number of sulfone groups is 1. The van der Waals surface area contributed by atoms with Crippen molar-refractivity contribution in [2.45, 2.75) is 37.4 Å². The van der Waals surface area contributed by atoms with Crippen molar-refractivity contribution in [3.63, 3.8) is 0 Å². The van der Waals surface area contributed by atoms with Gasteiger partial charge in [-0.1, -0.05) is 35.5 Å². The highest BCUT2D eigenvalue weighted by molar-refractivity contribution is 7.96. The molecule has 0 atom stereocenters. The number of carboxylic acids is 1. The first kappa shape index (κ1) is 17.9. The minimum Gasteiger partial charge on any atom is -0.476 e. The van der Waals surface area contributed by atoms with Gasteiger partial charge in [0.15, 0.2) is 0 Å². The molecule has 0 bridgehead atoms. The Morgan fingerprint density at radius 3 is 2.54 bits per heavy atom. The maximum absolute atomic E-state index is 12.3. The second kappa shape index (κ2) is 7.58. The zero-order chi connectivity index (χ0) is 18.6. The molecule has 1 heterocycles. The highest BCUT2D eigenvalue weighted by atomic mass is 32.2. The van der Waals surface area contributed by atoms with Gasteiger partial charge in [-0.25, -0.2) is 18.3 Å². The van der Waals surface area contributed by atoms with E-state index in [0.717, 1.165) is 19.3 Å². The van der Waals surface area contributed by atoms with Crippen LogP contribution in [-0.4, -0.2) is 40.2 Å². The molecule has 1 fully saturated rings. The van der Waals surface area contributed by atoms with Crippen molar-refractivity contribution in [3.8, 4) is 22.8 Å². The SMILES string of the molecule is O=C(O)c1[nH]nnc1Oc1ccc(C#CS(=O)(=O)C2CCCCC2)cc1. The Bertz CT molecular complexity index is 948. The van der Waals surface area contributed by atoms with Crippen LogP contribution in [0.25, 0.3) is 0 Å². The summed E-state index contributed by atoms with van der Waals surface area (Å²) in [5.41, 5.74) is 0.266. The summed E-state index contributed by atoms with van der Waals surface area (Å²) < 4.78 is 29.9. The predicted octanol–water partition coefficient (Wildman–Crippen LogP) is 2.35. The third kappa shape index (κ3) is 4.21. The van der Waals surface area contributed by atoms with Gasteiger partial charge in [-0.05, 0) is 37.1 Å². The summed E-state index contributed by atoms with van der Waals surface area (Å²) in [5.74, 6) is 1.62. The van der Waals surface area contributed by atoms with Crippen molar-refractivity contribution in [2.24, 2.45) is 0 Å². The topological polar surface area (TPSA) is 122 Å². The summed E-state index contributed by atoms with van der Waals surface area (Å²) in [4.78, 5) is 11.0.